The van der Waals surface area contributed by atoms with E-state index in [2.05, 4.69) is 4.72 Å². The third kappa shape index (κ3) is 5.20. The zero-order chi connectivity index (χ0) is 20.9. The molecule has 0 spiro atoms. The summed E-state index contributed by atoms with van der Waals surface area (Å²) >= 11 is 0. The Morgan fingerprint density at radius 1 is 0.929 bits per heavy atom. The number of hydrogen-bond donors (Lipinski definition) is 2. The van der Waals surface area contributed by atoms with E-state index in [4.69, 9.17) is 10.5 Å². The Morgan fingerprint density at radius 2 is 1.46 bits per heavy atom. The summed E-state index contributed by atoms with van der Waals surface area (Å²) in [7, 11) is -3.69. The first-order valence-corrected chi connectivity index (χ1v) is 11.1. The smallest absolute Gasteiger partial charge is 0.241 e. The standard InChI is InChI=1S/C22H32N2O3S/c1-15-16(2)18(4)22(19(5)17(15)3)28(25,26)24-21(11-12-23)14-27-13-20-9-7-6-8-10-20/h6-10,21,24H,11-14,23H2,1-5H3/t21-/m0/s1. The number of nitrogens with two attached hydrogens (primary N) is 1. The second kappa shape index (κ2) is 9.65. The summed E-state index contributed by atoms with van der Waals surface area (Å²) in [5, 5.41) is 0. The predicted molar refractivity (Wildman–Crippen MR) is 114 cm³/mol. The molecule has 6 heteroatoms. The van der Waals surface area contributed by atoms with E-state index in [0.717, 1.165) is 33.4 Å². The van der Waals surface area contributed by atoms with Gasteiger partial charge >= 0.3 is 0 Å². The molecule has 0 unspecified atom stereocenters. The van der Waals surface area contributed by atoms with E-state index in [-0.39, 0.29) is 12.6 Å². The highest BCUT2D eigenvalue weighted by Crippen LogP contribution is 2.29. The van der Waals surface area contributed by atoms with Crippen molar-refractivity contribution in [3.05, 3.63) is 63.7 Å². The number of hydrogen-bond acceptors (Lipinski definition) is 4. The van der Waals surface area contributed by atoms with E-state index in [9.17, 15) is 8.42 Å². The molecule has 5 nitrogen and oxygen atoms in total. The van der Waals surface area contributed by atoms with Crippen LogP contribution in [-0.4, -0.2) is 27.6 Å². The van der Waals surface area contributed by atoms with Gasteiger partial charge in [-0.25, -0.2) is 13.1 Å². The van der Waals surface area contributed by atoms with Gasteiger partial charge in [-0.15, -0.1) is 0 Å². The lowest BCUT2D eigenvalue weighted by Crippen LogP contribution is -2.40. The fourth-order valence-electron chi connectivity index (χ4n) is 3.42. The van der Waals surface area contributed by atoms with Crippen LogP contribution in [0.2, 0.25) is 0 Å². The molecule has 0 aromatic heterocycles. The highest BCUT2D eigenvalue weighted by molar-refractivity contribution is 7.89. The lowest BCUT2D eigenvalue weighted by atomic mass is 9.95. The minimum atomic E-state index is -3.69. The minimum Gasteiger partial charge on any atom is -0.375 e. The van der Waals surface area contributed by atoms with Gasteiger partial charge in [0.2, 0.25) is 10.0 Å². The molecule has 154 valence electrons. The van der Waals surface area contributed by atoms with Gasteiger partial charge in [0.1, 0.15) is 0 Å². The molecule has 28 heavy (non-hydrogen) atoms. The van der Waals surface area contributed by atoms with Crippen molar-refractivity contribution < 1.29 is 13.2 Å². The molecule has 0 heterocycles. The summed E-state index contributed by atoms with van der Waals surface area (Å²) in [5.74, 6) is 0. The van der Waals surface area contributed by atoms with Crippen LogP contribution in [0.25, 0.3) is 0 Å². The van der Waals surface area contributed by atoms with Crippen molar-refractivity contribution >= 4 is 10.0 Å². The van der Waals surface area contributed by atoms with E-state index in [1.54, 1.807) is 0 Å². The second-order valence-electron chi connectivity index (χ2n) is 7.35. The van der Waals surface area contributed by atoms with Crippen molar-refractivity contribution in [2.24, 2.45) is 5.73 Å². The maximum absolute atomic E-state index is 13.2. The summed E-state index contributed by atoms with van der Waals surface area (Å²) in [4.78, 5) is 0.373. The molecule has 0 saturated heterocycles. The molecule has 0 aliphatic heterocycles. The van der Waals surface area contributed by atoms with Crippen LogP contribution >= 0.6 is 0 Å². The topological polar surface area (TPSA) is 81.4 Å². The van der Waals surface area contributed by atoms with Crippen LogP contribution in [0.4, 0.5) is 0 Å². The van der Waals surface area contributed by atoms with Gasteiger partial charge in [-0.1, -0.05) is 30.3 Å². The maximum atomic E-state index is 13.2. The lowest BCUT2D eigenvalue weighted by molar-refractivity contribution is 0.102. The van der Waals surface area contributed by atoms with Crippen LogP contribution in [0, 0.1) is 34.6 Å². The fourth-order valence-corrected chi connectivity index (χ4v) is 5.27. The molecular formula is C22H32N2O3S. The summed E-state index contributed by atoms with van der Waals surface area (Å²) in [5.41, 5.74) is 11.5. The van der Waals surface area contributed by atoms with E-state index in [1.807, 2.05) is 65.0 Å². The number of benzene rings is 2. The zero-order valence-electron chi connectivity index (χ0n) is 17.5. The van der Waals surface area contributed by atoms with Crippen molar-refractivity contribution in [3.8, 4) is 0 Å². The van der Waals surface area contributed by atoms with Gasteiger partial charge in [-0.05, 0) is 81.0 Å². The number of ether oxygens (including phenoxy) is 1. The Hall–Kier alpha value is -1.73. The lowest BCUT2D eigenvalue weighted by Gasteiger charge is -2.22. The van der Waals surface area contributed by atoms with Gasteiger partial charge in [0, 0.05) is 6.04 Å². The number of nitrogens with one attached hydrogen (secondary N) is 1. The van der Waals surface area contributed by atoms with Crippen LogP contribution in [0.15, 0.2) is 35.2 Å². The molecule has 0 amide bonds. The third-order valence-electron chi connectivity index (χ3n) is 5.47. The van der Waals surface area contributed by atoms with E-state index >= 15 is 0 Å². The van der Waals surface area contributed by atoms with E-state index in [1.165, 1.54) is 0 Å². The van der Waals surface area contributed by atoms with Crippen molar-refractivity contribution in [3.63, 3.8) is 0 Å². The summed E-state index contributed by atoms with van der Waals surface area (Å²) in [6, 6.07) is 9.43. The van der Waals surface area contributed by atoms with E-state index < -0.39 is 10.0 Å². The van der Waals surface area contributed by atoms with Crippen molar-refractivity contribution in [2.75, 3.05) is 13.2 Å². The maximum Gasteiger partial charge on any atom is 0.241 e. The minimum absolute atomic E-state index is 0.271. The first-order valence-electron chi connectivity index (χ1n) is 9.60. The average Bonchev–Trinajstić information content (AvgIpc) is 2.65. The fraction of sp³-hybridized carbons (Fsp3) is 0.455. The summed E-state index contributed by atoms with van der Waals surface area (Å²) < 4.78 is 35.0. The second-order valence-corrected chi connectivity index (χ2v) is 9.00. The summed E-state index contributed by atoms with van der Waals surface area (Å²) in [6.07, 6.45) is 0.510. The normalized spacial score (nSPS) is 12.9. The molecule has 1 atom stereocenters. The van der Waals surface area contributed by atoms with Crippen LogP contribution in [0.3, 0.4) is 0 Å². The van der Waals surface area contributed by atoms with Crippen LogP contribution in [0.1, 0.15) is 39.8 Å². The highest BCUT2D eigenvalue weighted by Gasteiger charge is 2.26. The molecule has 0 aliphatic rings. The monoisotopic (exact) mass is 404 g/mol. The van der Waals surface area contributed by atoms with Crippen LogP contribution in [-0.2, 0) is 21.4 Å². The molecule has 0 bridgehead atoms. The Bertz CT molecular complexity index is 880. The van der Waals surface area contributed by atoms with Crippen LogP contribution < -0.4 is 10.5 Å². The predicted octanol–water partition coefficient (Wildman–Crippen LogP) is 3.44. The van der Waals surface area contributed by atoms with Crippen molar-refractivity contribution in [2.45, 2.75) is 58.6 Å². The Morgan fingerprint density at radius 3 is 2.00 bits per heavy atom. The molecule has 0 fully saturated rings. The SMILES string of the molecule is Cc1c(C)c(C)c(S(=O)(=O)N[C@@H](CCN)COCc2ccccc2)c(C)c1C. The molecule has 2 rings (SSSR count). The summed E-state index contributed by atoms with van der Waals surface area (Å²) in [6.45, 7) is 10.8. The number of rotatable bonds is 9. The van der Waals surface area contributed by atoms with Gasteiger partial charge in [-0.2, -0.15) is 0 Å². The first-order chi connectivity index (χ1) is 13.2. The zero-order valence-corrected chi connectivity index (χ0v) is 18.3. The Kier molecular flexibility index (Phi) is 7.78. The average molecular weight is 405 g/mol. The molecule has 2 aromatic carbocycles. The van der Waals surface area contributed by atoms with Gasteiger partial charge in [0.15, 0.2) is 0 Å². The molecule has 0 aliphatic carbocycles. The van der Waals surface area contributed by atoms with Gasteiger partial charge in [0.05, 0.1) is 18.1 Å². The molecule has 0 radical (unpaired) electrons. The first kappa shape index (κ1) is 22.6. The van der Waals surface area contributed by atoms with Gasteiger partial charge in [0.25, 0.3) is 0 Å². The Labute approximate surface area is 169 Å². The number of sulfonamides is 1. The van der Waals surface area contributed by atoms with Crippen LogP contribution in [0.5, 0.6) is 0 Å². The molecular weight excluding hydrogens is 372 g/mol. The molecule has 0 saturated carbocycles. The third-order valence-corrected chi connectivity index (χ3v) is 7.26. The van der Waals surface area contributed by atoms with Crippen molar-refractivity contribution in [1.82, 2.24) is 4.72 Å². The quantitative estimate of drug-likeness (QED) is 0.671. The Balaban J connectivity index is 2.20. The van der Waals surface area contributed by atoms with Gasteiger partial charge in [-0.3, -0.25) is 0 Å². The van der Waals surface area contributed by atoms with Gasteiger partial charge < -0.3 is 10.5 Å². The molecule has 3 N–H and O–H groups in total. The largest absolute Gasteiger partial charge is 0.375 e. The molecule has 2 aromatic rings. The van der Waals surface area contributed by atoms with E-state index in [0.29, 0.717) is 24.5 Å². The van der Waals surface area contributed by atoms with Crippen molar-refractivity contribution in [1.29, 1.82) is 0 Å². The highest BCUT2D eigenvalue weighted by atomic mass is 32.2.